The average Bonchev–Trinajstić information content (AvgIpc) is 2.95. The predicted octanol–water partition coefficient (Wildman–Crippen LogP) is 4.09. The van der Waals surface area contributed by atoms with Gasteiger partial charge < -0.3 is 26.5 Å². The molecule has 0 bridgehead atoms. The number of benzene rings is 4. The van der Waals surface area contributed by atoms with Crippen LogP contribution in [0.2, 0.25) is 0 Å². The number of hydrogen-bond donors (Lipinski definition) is 3. The van der Waals surface area contributed by atoms with Gasteiger partial charge >= 0.3 is 0 Å². The van der Waals surface area contributed by atoms with E-state index in [2.05, 4.69) is 24.8 Å². The van der Waals surface area contributed by atoms with E-state index < -0.39 is 5.97 Å². The Morgan fingerprint density at radius 1 is 0.784 bits per heavy atom. The highest BCUT2D eigenvalue weighted by atomic mass is 16.4. The quantitative estimate of drug-likeness (QED) is 0.339. The van der Waals surface area contributed by atoms with E-state index in [0.29, 0.717) is 6.61 Å². The third-order valence-electron chi connectivity index (χ3n) is 5.77. The summed E-state index contributed by atoms with van der Waals surface area (Å²) in [7, 11) is 0. The minimum absolute atomic E-state index is 0.0327. The zero-order chi connectivity index (χ0) is 26.9. The van der Waals surface area contributed by atoms with E-state index in [1.807, 2.05) is 103 Å². The van der Waals surface area contributed by atoms with Crippen LogP contribution in [0.15, 0.2) is 115 Å². The van der Waals surface area contributed by atoms with Gasteiger partial charge in [-0.3, -0.25) is 0 Å². The smallest absolute Gasteiger partial charge is 0.130 e. The van der Waals surface area contributed by atoms with Crippen LogP contribution in [-0.2, 0) is 11.2 Å². The van der Waals surface area contributed by atoms with Gasteiger partial charge in [-0.1, -0.05) is 129 Å². The molecule has 194 valence electrons. The second kappa shape index (κ2) is 16.8. The Morgan fingerprint density at radius 2 is 1.24 bits per heavy atom. The van der Waals surface area contributed by atoms with Gasteiger partial charge in [-0.25, -0.2) is 0 Å². The second-order valence-electron chi connectivity index (χ2n) is 8.64. The van der Waals surface area contributed by atoms with Crippen molar-refractivity contribution < 1.29 is 20.7 Å². The zero-order valence-corrected chi connectivity index (χ0v) is 21.5. The molecule has 5 heteroatoms. The lowest BCUT2D eigenvalue weighted by molar-refractivity contribution is -0.432. The lowest BCUT2D eigenvalue weighted by Crippen LogP contribution is -2.57. The zero-order valence-electron chi connectivity index (χ0n) is 21.5. The van der Waals surface area contributed by atoms with Gasteiger partial charge in [0, 0.05) is 24.6 Å². The molecular formula is C32H38N2O3. The first kappa shape index (κ1) is 29.5. The summed E-state index contributed by atoms with van der Waals surface area (Å²) >= 11 is 0. The van der Waals surface area contributed by atoms with Crippen molar-refractivity contribution >= 4 is 5.97 Å². The summed E-state index contributed by atoms with van der Waals surface area (Å²) in [6.07, 6.45) is 2.01. The monoisotopic (exact) mass is 498 g/mol. The molecule has 0 saturated carbocycles. The average molecular weight is 499 g/mol. The molecule has 5 nitrogen and oxygen atoms in total. The normalized spacial score (nSPS) is 11.7. The Labute approximate surface area is 220 Å². The molecule has 0 fully saturated rings. The summed E-state index contributed by atoms with van der Waals surface area (Å²) in [6, 6.07) is 37.8. The molecule has 0 aliphatic heterocycles. The standard InChI is InChI=1S/C14H16N2.C14H12O2.C4H10O/c15-13(11-7-3-1-4-8-11)14(16)12-9-5-2-6-10-12;15-14(16)10-11-6-8-13(9-7-11)12-4-2-1-3-5-12;1-2-3-4-5/h1-10,13-14H,15-16H2;1-9H,10H2,(H,15,16);5H,2-4H2,1H3/t13-,14-;;/m0../s1. The Hall–Kier alpha value is -3.77. The number of carbonyl (C=O) groups excluding carboxylic acids is 1. The third-order valence-corrected chi connectivity index (χ3v) is 5.77. The fourth-order valence-electron chi connectivity index (χ4n) is 3.59. The molecule has 0 amide bonds. The van der Waals surface area contributed by atoms with Crippen molar-refractivity contribution in [1.29, 1.82) is 0 Å². The number of aliphatic hydroxyl groups excluding tert-OH is 1. The maximum Gasteiger partial charge on any atom is 0.130 e. The maximum atomic E-state index is 10.4. The number of quaternary nitrogens is 1. The van der Waals surface area contributed by atoms with Gasteiger partial charge in [0.05, 0.1) is 6.04 Å². The molecule has 4 rings (SSSR count). The molecule has 0 aliphatic carbocycles. The van der Waals surface area contributed by atoms with E-state index in [1.165, 1.54) is 5.56 Å². The SMILES string of the molecule is CCCCO.N[C@@H](c1ccccc1)[C@@H]([NH3+])c1ccccc1.O=C([O-])Cc1ccc(-c2ccccc2)cc1. The number of rotatable bonds is 8. The summed E-state index contributed by atoms with van der Waals surface area (Å²) in [5.41, 5.74) is 15.7. The number of carboxylic acids is 1. The van der Waals surface area contributed by atoms with Crippen LogP contribution in [0.1, 0.15) is 48.5 Å². The van der Waals surface area contributed by atoms with Crippen molar-refractivity contribution in [2.24, 2.45) is 5.73 Å². The molecule has 0 aromatic heterocycles. The van der Waals surface area contributed by atoms with Crippen LogP contribution in [0.25, 0.3) is 11.1 Å². The number of nitrogens with two attached hydrogens (primary N) is 1. The van der Waals surface area contributed by atoms with Crippen LogP contribution in [0, 0.1) is 0 Å². The summed E-state index contributed by atoms with van der Waals surface area (Å²) in [5.74, 6) is -1.05. The van der Waals surface area contributed by atoms with Crippen molar-refractivity contribution in [3.05, 3.63) is 132 Å². The minimum atomic E-state index is -1.05. The van der Waals surface area contributed by atoms with E-state index in [0.717, 1.165) is 35.1 Å². The Bertz CT molecular complexity index is 1090. The first-order valence-corrected chi connectivity index (χ1v) is 12.6. The Kier molecular flexibility index (Phi) is 13.4. The van der Waals surface area contributed by atoms with Gasteiger partial charge in [-0.15, -0.1) is 0 Å². The molecule has 0 aliphatic rings. The molecule has 0 unspecified atom stereocenters. The van der Waals surface area contributed by atoms with Crippen LogP contribution >= 0.6 is 0 Å². The molecule has 0 saturated heterocycles. The van der Waals surface area contributed by atoms with Gasteiger partial charge in [0.25, 0.3) is 0 Å². The van der Waals surface area contributed by atoms with Crippen molar-refractivity contribution in [2.45, 2.75) is 38.3 Å². The molecule has 6 N–H and O–H groups in total. The summed E-state index contributed by atoms with van der Waals surface area (Å²) < 4.78 is 0. The highest BCUT2D eigenvalue weighted by molar-refractivity contribution is 5.69. The van der Waals surface area contributed by atoms with Crippen LogP contribution < -0.4 is 16.6 Å². The van der Waals surface area contributed by atoms with E-state index >= 15 is 0 Å². The van der Waals surface area contributed by atoms with Crippen molar-refractivity contribution in [2.75, 3.05) is 6.61 Å². The van der Waals surface area contributed by atoms with Gasteiger partial charge in [0.2, 0.25) is 0 Å². The highest BCUT2D eigenvalue weighted by Crippen LogP contribution is 2.22. The highest BCUT2D eigenvalue weighted by Gasteiger charge is 2.19. The molecule has 2 atom stereocenters. The molecule has 37 heavy (non-hydrogen) atoms. The van der Waals surface area contributed by atoms with Gasteiger partial charge in [-0.2, -0.15) is 0 Å². The van der Waals surface area contributed by atoms with Crippen LogP contribution in [0.5, 0.6) is 0 Å². The molecule has 4 aromatic rings. The minimum Gasteiger partial charge on any atom is -0.550 e. The lowest BCUT2D eigenvalue weighted by Gasteiger charge is -2.17. The number of carboxylic acid groups (broad SMARTS) is 1. The molecule has 0 heterocycles. The number of hydrogen-bond acceptors (Lipinski definition) is 4. The van der Waals surface area contributed by atoms with Crippen molar-refractivity contribution in [3.63, 3.8) is 0 Å². The van der Waals surface area contributed by atoms with E-state index in [9.17, 15) is 9.90 Å². The van der Waals surface area contributed by atoms with E-state index in [1.54, 1.807) is 0 Å². The maximum absolute atomic E-state index is 10.4. The molecule has 0 radical (unpaired) electrons. The molecular weight excluding hydrogens is 460 g/mol. The summed E-state index contributed by atoms with van der Waals surface area (Å²) in [6.45, 7) is 2.40. The molecule has 0 spiro atoms. The summed E-state index contributed by atoms with van der Waals surface area (Å²) in [5, 5.41) is 18.5. The van der Waals surface area contributed by atoms with Crippen LogP contribution in [0.4, 0.5) is 0 Å². The fraction of sp³-hybridized carbons (Fsp3) is 0.219. The summed E-state index contributed by atoms with van der Waals surface area (Å²) in [4.78, 5) is 10.4. The third kappa shape index (κ3) is 10.8. The predicted molar refractivity (Wildman–Crippen MR) is 148 cm³/mol. The van der Waals surface area contributed by atoms with Gasteiger partial charge in [-0.05, 0) is 28.7 Å². The lowest BCUT2D eigenvalue weighted by atomic mass is 9.95. The first-order valence-electron chi connectivity index (χ1n) is 12.6. The van der Waals surface area contributed by atoms with Crippen molar-refractivity contribution in [1.82, 2.24) is 0 Å². The van der Waals surface area contributed by atoms with Gasteiger partial charge in [0.15, 0.2) is 0 Å². The topological polar surface area (TPSA) is 114 Å². The Balaban J connectivity index is 0.000000221. The number of unbranched alkanes of at least 4 members (excludes halogenated alkanes) is 1. The Morgan fingerprint density at radius 3 is 1.68 bits per heavy atom. The number of aliphatic carboxylic acids is 1. The molecule has 4 aromatic carbocycles. The largest absolute Gasteiger partial charge is 0.550 e. The fourth-order valence-corrected chi connectivity index (χ4v) is 3.59. The second-order valence-corrected chi connectivity index (χ2v) is 8.64. The number of aliphatic hydroxyl groups is 1. The number of carbonyl (C=O) groups is 1. The van der Waals surface area contributed by atoms with Crippen LogP contribution in [-0.4, -0.2) is 17.7 Å². The van der Waals surface area contributed by atoms with Gasteiger partial charge in [0.1, 0.15) is 6.04 Å². The van der Waals surface area contributed by atoms with Crippen LogP contribution in [0.3, 0.4) is 0 Å². The van der Waals surface area contributed by atoms with E-state index in [4.69, 9.17) is 10.8 Å². The first-order chi connectivity index (χ1) is 18.0. The van der Waals surface area contributed by atoms with E-state index in [-0.39, 0.29) is 18.5 Å². The van der Waals surface area contributed by atoms with Crippen molar-refractivity contribution in [3.8, 4) is 11.1 Å².